The first-order chi connectivity index (χ1) is 4.93. The van der Waals surface area contributed by atoms with Crippen LogP contribution in [-0.4, -0.2) is 6.54 Å². The smallest absolute Gasteiger partial charge is 0.0869 e. The molecule has 0 bridgehead atoms. The highest BCUT2D eigenvalue weighted by Gasteiger charge is 2.14. The average Bonchev–Trinajstić information content (AvgIpc) is 2.03. The molecule has 0 spiro atoms. The number of rotatable bonds is 2. The van der Waals surface area contributed by atoms with Crippen LogP contribution >= 0.6 is 0 Å². The summed E-state index contributed by atoms with van der Waals surface area (Å²) in [6.07, 6.45) is 8.34. The molecule has 0 unspecified atom stereocenters. The first-order valence-electron chi connectivity index (χ1n) is 4.30. The highest BCUT2D eigenvalue weighted by atomic mass is 14.6. The van der Waals surface area contributed by atoms with E-state index in [4.69, 9.17) is 6.57 Å². The van der Waals surface area contributed by atoms with Gasteiger partial charge in [-0.1, -0.05) is 36.9 Å². The van der Waals surface area contributed by atoms with Gasteiger partial charge in [-0.25, -0.2) is 0 Å². The summed E-state index contributed by atoms with van der Waals surface area (Å²) in [4.78, 5) is 3.63. The zero-order chi connectivity index (χ0) is 7.23. The van der Waals surface area contributed by atoms with Crippen LogP contribution in [0, 0.1) is 12.5 Å². The first kappa shape index (κ1) is 7.60. The van der Waals surface area contributed by atoms with Crippen LogP contribution in [0.4, 0.5) is 0 Å². The molecule has 10 heavy (non-hydrogen) atoms. The van der Waals surface area contributed by atoms with E-state index in [1.165, 1.54) is 38.5 Å². The van der Waals surface area contributed by atoms with E-state index in [1.807, 2.05) is 0 Å². The average molecular weight is 138 g/mol. The van der Waals surface area contributed by atoms with Crippen molar-refractivity contribution >= 4 is 0 Å². The molecule has 1 nitrogen and oxygen atoms in total. The van der Waals surface area contributed by atoms with Gasteiger partial charge in [0.25, 0.3) is 13.1 Å². The Hall–Kier alpha value is -0.510. The molecule has 1 aliphatic carbocycles. The molecule has 1 fully saturated rings. The molecule has 0 amide bonds. The topological polar surface area (TPSA) is 4.36 Å². The molecular weight excluding hydrogens is 122 g/mol. The van der Waals surface area contributed by atoms with E-state index in [0.717, 1.165) is 12.5 Å². The van der Waals surface area contributed by atoms with E-state index in [2.05, 4.69) is 4.85 Å². The summed E-state index contributed by atoms with van der Waals surface area (Å²) in [6.45, 7) is 5.94. The third-order valence-corrected chi connectivity index (χ3v) is 2.39. The minimum Gasteiger partial charge on any atom is -0.0869 e. The maximum absolute atomic E-state index is 5.07. The molecule has 0 aromatic rings. The number of nitrogens with zero attached hydrogens (tertiary/aromatic N) is 1. The monoisotopic (exact) mass is 138 g/mol. The predicted molar refractivity (Wildman–Crippen MR) is 44.4 cm³/mol. The van der Waals surface area contributed by atoms with E-state index in [1.54, 1.807) is 0 Å². The molecule has 1 heteroatoms. The molecular formula is C9H16N+. The molecule has 0 aromatic carbocycles. The highest BCUT2D eigenvalue weighted by Crippen LogP contribution is 2.25. The van der Waals surface area contributed by atoms with Gasteiger partial charge in [0.2, 0.25) is 0 Å². The van der Waals surface area contributed by atoms with E-state index in [9.17, 15) is 0 Å². The summed E-state index contributed by atoms with van der Waals surface area (Å²) in [5, 5.41) is 0. The minimum atomic E-state index is 0.866. The minimum absolute atomic E-state index is 0.866. The summed E-state index contributed by atoms with van der Waals surface area (Å²) in [7, 11) is 0. The SMILES string of the molecule is C#[N+]CCC1CCCCC1. The fourth-order valence-corrected chi connectivity index (χ4v) is 1.73. The lowest BCUT2D eigenvalue weighted by Gasteiger charge is -2.18. The van der Waals surface area contributed by atoms with Crippen molar-refractivity contribution in [3.05, 3.63) is 4.85 Å². The van der Waals surface area contributed by atoms with Crippen LogP contribution in [0.2, 0.25) is 0 Å². The normalized spacial score (nSPS) is 20.3. The Morgan fingerprint density at radius 3 is 2.50 bits per heavy atom. The fourth-order valence-electron chi connectivity index (χ4n) is 1.73. The lowest BCUT2D eigenvalue weighted by molar-refractivity contribution is 0.347. The van der Waals surface area contributed by atoms with Crippen LogP contribution in [0.15, 0.2) is 0 Å². The van der Waals surface area contributed by atoms with Gasteiger partial charge in [-0.2, -0.15) is 0 Å². The van der Waals surface area contributed by atoms with E-state index in [0.29, 0.717) is 0 Å². The summed E-state index contributed by atoms with van der Waals surface area (Å²) in [5.41, 5.74) is 0. The molecule has 1 saturated carbocycles. The van der Waals surface area contributed by atoms with Crippen LogP contribution in [0.1, 0.15) is 38.5 Å². The molecule has 1 rings (SSSR count). The van der Waals surface area contributed by atoms with Crippen molar-refractivity contribution in [1.29, 1.82) is 0 Å². The van der Waals surface area contributed by atoms with E-state index >= 15 is 0 Å². The Morgan fingerprint density at radius 1 is 1.20 bits per heavy atom. The molecule has 1 aliphatic rings. The summed E-state index contributed by atoms with van der Waals surface area (Å²) >= 11 is 0. The van der Waals surface area contributed by atoms with Crippen LogP contribution in [-0.2, 0) is 0 Å². The number of hydrogen-bond acceptors (Lipinski definition) is 0. The van der Waals surface area contributed by atoms with Gasteiger partial charge < -0.3 is 0 Å². The van der Waals surface area contributed by atoms with Gasteiger partial charge in [0.05, 0.1) is 0 Å². The van der Waals surface area contributed by atoms with Crippen molar-refractivity contribution in [2.45, 2.75) is 38.5 Å². The molecule has 0 saturated heterocycles. The van der Waals surface area contributed by atoms with Crippen LogP contribution < -0.4 is 0 Å². The lowest BCUT2D eigenvalue weighted by atomic mass is 9.87. The standard InChI is InChI=1S/C9H16N/c1-10-8-7-9-5-3-2-4-6-9/h1,9H,2-8H2/q+1. The molecule has 0 N–H and O–H groups in total. The first-order valence-corrected chi connectivity index (χ1v) is 4.30. The van der Waals surface area contributed by atoms with E-state index < -0.39 is 0 Å². The highest BCUT2D eigenvalue weighted by molar-refractivity contribution is 4.72. The molecule has 0 aromatic heterocycles. The zero-order valence-electron chi connectivity index (χ0n) is 6.55. The van der Waals surface area contributed by atoms with Crippen LogP contribution in [0.5, 0.6) is 0 Å². The van der Waals surface area contributed by atoms with Gasteiger partial charge in [-0.15, -0.1) is 0 Å². The second-order valence-corrected chi connectivity index (χ2v) is 3.20. The maximum Gasteiger partial charge on any atom is 0.263 e. The molecule has 0 heterocycles. The van der Waals surface area contributed by atoms with Crippen molar-refractivity contribution in [1.82, 2.24) is 0 Å². The van der Waals surface area contributed by atoms with Crippen LogP contribution in [0.25, 0.3) is 4.85 Å². The van der Waals surface area contributed by atoms with Crippen molar-refractivity contribution in [2.24, 2.45) is 5.92 Å². The fraction of sp³-hybridized carbons (Fsp3) is 0.889. The third kappa shape index (κ3) is 2.39. The summed E-state index contributed by atoms with van der Waals surface area (Å²) in [6, 6.07) is 0. The van der Waals surface area contributed by atoms with Gasteiger partial charge in [-0.3, -0.25) is 0 Å². The van der Waals surface area contributed by atoms with Gasteiger partial charge in [0.15, 0.2) is 0 Å². The van der Waals surface area contributed by atoms with E-state index in [-0.39, 0.29) is 0 Å². The van der Waals surface area contributed by atoms with Gasteiger partial charge >= 0.3 is 0 Å². The maximum atomic E-state index is 5.07. The number of hydrogen-bond donors (Lipinski definition) is 0. The summed E-state index contributed by atoms with van der Waals surface area (Å²) < 4.78 is 0. The largest absolute Gasteiger partial charge is 0.263 e. The predicted octanol–water partition coefficient (Wildman–Crippen LogP) is 2.92. The molecule has 0 radical (unpaired) electrons. The van der Waals surface area contributed by atoms with Gasteiger partial charge in [-0.05, 0) is 5.92 Å². The quantitative estimate of drug-likeness (QED) is 0.552. The third-order valence-electron chi connectivity index (χ3n) is 2.39. The molecule has 56 valence electrons. The Labute approximate surface area is 63.3 Å². The Kier molecular flexibility index (Phi) is 3.29. The second kappa shape index (κ2) is 4.33. The molecule has 0 atom stereocenters. The van der Waals surface area contributed by atoms with Gasteiger partial charge in [0, 0.05) is 6.42 Å². The second-order valence-electron chi connectivity index (χ2n) is 3.20. The summed E-state index contributed by atoms with van der Waals surface area (Å²) in [5.74, 6) is 0.932. The Morgan fingerprint density at radius 2 is 1.90 bits per heavy atom. The lowest BCUT2D eigenvalue weighted by Crippen LogP contribution is -2.06. The molecule has 0 aliphatic heterocycles. The van der Waals surface area contributed by atoms with Crippen molar-refractivity contribution in [3.8, 4) is 6.57 Å². The van der Waals surface area contributed by atoms with Crippen molar-refractivity contribution in [2.75, 3.05) is 6.54 Å². The van der Waals surface area contributed by atoms with Crippen LogP contribution in [0.3, 0.4) is 0 Å². The zero-order valence-corrected chi connectivity index (χ0v) is 6.55. The Balaban J connectivity index is 2.09. The Bertz CT molecular complexity index is 117. The van der Waals surface area contributed by atoms with Crippen molar-refractivity contribution in [3.63, 3.8) is 0 Å². The van der Waals surface area contributed by atoms with Gasteiger partial charge in [0.1, 0.15) is 0 Å². The van der Waals surface area contributed by atoms with Crippen molar-refractivity contribution < 1.29 is 0 Å².